The SMILES string of the molecule is CC(O)CC1NC(=O)c2ccsc2-n2cccc21. The van der Waals surface area contributed by atoms with E-state index in [2.05, 4.69) is 5.32 Å². The number of thiophene rings is 1. The maximum Gasteiger partial charge on any atom is 0.254 e. The van der Waals surface area contributed by atoms with Gasteiger partial charge >= 0.3 is 0 Å². The van der Waals surface area contributed by atoms with E-state index in [0.29, 0.717) is 12.0 Å². The van der Waals surface area contributed by atoms with Gasteiger partial charge in [-0.3, -0.25) is 4.79 Å². The van der Waals surface area contributed by atoms with E-state index in [1.54, 1.807) is 18.3 Å². The molecule has 2 atom stereocenters. The van der Waals surface area contributed by atoms with E-state index >= 15 is 0 Å². The molecule has 2 unspecified atom stereocenters. The number of nitrogens with one attached hydrogen (secondary N) is 1. The highest BCUT2D eigenvalue weighted by Gasteiger charge is 2.27. The Hall–Kier alpha value is -1.59. The molecule has 2 aromatic heterocycles. The summed E-state index contributed by atoms with van der Waals surface area (Å²) in [5.74, 6) is -0.0689. The fourth-order valence-corrected chi connectivity index (χ4v) is 3.25. The summed E-state index contributed by atoms with van der Waals surface area (Å²) in [5, 5.41) is 15.4. The highest BCUT2D eigenvalue weighted by Crippen LogP contribution is 2.31. The third-order valence-corrected chi connectivity index (χ3v) is 4.04. The Bertz CT molecular complexity index is 585. The van der Waals surface area contributed by atoms with Gasteiger partial charge in [-0.2, -0.15) is 0 Å². The molecule has 1 aliphatic heterocycles. The Balaban J connectivity index is 2.11. The quantitative estimate of drug-likeness (QED) is 0.870. The zero-order chi connectivity index (χ0) is 12.7. The molecule has 5 heteroatoms. The molecule has 4 nitrogen and oxygen atoms in total. The van der Waals surface area contributed by atoms with Crippen molar-refractivity contribution in [3.63, 3.8) is 0 Å². The Morgan fingerprint density at radius 1 is 1.56 bits per heavy atom. The van der Waals surface area contributed by atoms with Crippen LogP contribution in [0, 0.1) is 0 Å². The number of hydrogen-bond acceptors (Lipinski definition) is 3. The largest absolute Gasteiger partial charge is 0.393 e. The molecule has 0 aromatic carbocycles. The van der Waals surface area contributed by atoms with Gasteiger partial charge in [-0.1, -0.05) is 0 Å². The maximum atomic E-state index is 12.1. The van der Waals surface area contributed by atoms with E-state index in [1.807, 2.05) is 34.3 Å². The number of fused-ring (bicyclic) bond motifs is 3. The van der Waals surface area contributed by atoms with Crippen molar-refractivity contribution in [2.75, 3.05) is 0 Å². The van der Waals surface area contributed by atoms with Crippen LogP contribution in [0.5, 0.6) is 0 Å². The van der Waals surface area contributed by atoms with Crippen LogP contribution in [0.3, 0.4) is 0 Å². The first-order valence-electron chi connectivity index (χ1n) is 5.91. The topological polar surface area (TPSA) is 54.3 Å². The number of aliphatic hydroxyl groups excluding tert-OH is 1. The van der Waals surface area contributed by atoms with Crippen molar-refractivity contribution in [3.05, 3.63) is 41.0 Å². The molecule has 94 valence electrons. The molecule has 3 rings (SSSR count). The Morgan fingerprint density at radius 2 is 2.39 bits per heavy atom. The van der Waals surface area contributed by atoms with E-state index in [0.717, 1.165) is 10.7 Å². The number of carbonyl (C=O) groups is 1. The Labute approximate surface area is 109 Å². The van der Waals surface area contributed by atoms with Crippen molar-refractivity contribution in [2.45, 2.75) is 25.5 Å². The van der Waals surface area contributed by atoms with Gasteiger partial charge in [-0.15, -0.1) is 11.3 Å². The number of carbonyl (C=O) groups excluding carboxylic acids is 1. The summed E-state index contributed by atoms with van der Waals surface area (Å²) in [6.07, 6.45) is 2.03. The molecule has 0 spiro atoms. The van der Waals surface area contributed by atoms with Crippen LogP contribution in [-0.2, 0) is 0 Å². The average Bonchev–Trinajstić information content (AvgIpc) is 2.94. The normalized spacial score (nSPS) is 19.7. The van der Waals surface area contributed by atoms with Gasteiger partial charge in [0.15, 0.2) is 0 Å². The number of rotatable bonds is 2. The number of nitrogens with zero attached hydrogens (tertiary/aromatic N) is 1. The summed E-state index contributed by atoms with van der Waals surface area (Å²) in [6, 6.07) is 5.64. The second-order valence-electron chi connectivity index (χ2n) is 4.55. The molecule has 0 aliphatic carbocycles. The molecule has 1 aliphatic rings. The molecule has 18 heavy (non-hydrogen) atoms. The van der Waals surface area contributed by atoms with Crippen LogP contribution in [0.15, 0.2) is 29.8 Å². The van der Waals surface area contributed by atoms with Crippen LogP contribution < -0.4 is 5.32 Å². The number of hydrogen-bond donors (Lipinski definition) is 2. The Morgan fingerprint density at radius 3 is 3.17 bits per heavy atom. The van der Waals surface area contributed by atoms with Gasteiger partial charge in [0.1, 0.15) is 5.00 Å². The minimum atomic E-state index is -0.449. The van der Waals surface area contributed by atoms with Crippen molar-refractivity contribution in [3.8, 4) is 5.00 Å². The van der Waals surface area contributed by atoms with Crippen LogP contribution in [0.25, 0.3) is 5.00 Å². The smallest absolute Gasteiger partial charge is 0.254 e. The second kappa shape index (κ2) is 4.26. The lowest BCUT2D eigenvalue weighted by atomic mass is 10.1. The van der Waals surface area contributed by atoms with Crippen LogP contribution in [0.1, 0.15) is 35.4 Å². The number of amides is 1. The summed E-state index contributed by atoms with van der Waals surface area (Å²) in [7, 11) is 0. The van der Waals surface area contributed by atoms with Gasteiger partial charge < -0.3 is 15.0 Å². The van der Waals surface area contributed by atoms with E-state index in [4.69, 9.17) is 0 Å². The standard InChI is InChI=1S/C13H14N2O2S/c1-8(16)7-10-11-3-2-5-15(11)13-9(4-6-18-13)12(17)14-10/h2-6,8,10,16H,7H2,1H3,(H,14,17). The predicted octanol–water partition coefficient (Wildman–Crippen LogP) is 2.09. The van der Waals surface area contributed by atoms with E-state index in [9.17, 15) is 9.90 Å². The fourth-order valence-electron chi connectivity index (χ4n) is 2.35. The minimum absolute atomic E-state index is 0.0689. The molecule has 0 saturated carbocycles. The first kappa shape index (κ1) is 11.5. The van der Waals surface area contributed by atoms with Crippen LogP contribution >= 0.6 is 11.3 Å². The molecule has 0 saturated heterocycles. The summed E-state index contributed by atoms with van der Waals surface area (Å²) in [4.78, 5) is 12.1. The van der Waals surface area contributed by atoms with Crippen molar-refractivity contribution in [1.82, 2.24) is 9.88 Å². The summed E-state index contributed by atoms with van der Waals surface area (Å²) in [6.45, 7) is 1.74. The van der Waals surface area contributed by atoms with Gasteiger partial charge in [0.25, 0.3) is 5.91 Å². The van der Waals surface area contributed by atoms with Crippen molar-refractivity contribution < 1.29 is 9.90 Å². The van der Waals surface area contributed by atoms with Gasteiger partial charge in [-0.05, 0) is 36.9 Å². The minimum Gasteiger partial charge on any atom is -0.393 e. The molecule has 0 radical (unpaired) electrons. The average molecular weight is 262 g/mol. The van der Waals surface area contributed by atoms with Crippen molar-refractivity contribution >= 4 is 17.2 Å². The highest BCUT2D eigenvalue weighted by atomic mass is 32.1. The summed E-state index contributed by atoms with van der Waals surface area (Å²) < 4.78 is 2.03. The molecule has 0 bridgehead atoms. The lowest BCUT2D eigenvalue weighted by Gasteiger charge is -2.18. The molecule has 0 fully saturated rings. The third-order valence-electron chi connectivity index (χ3n) is 3.13. The molecule has 2 aromatic rings. The summed E-state index contributed by atoms with van der Waals surface area (Å²) in [5.41, 5.74) is 1.72. The molecule has 1 amide bonds. The monoisotopic (exact) mass is 262 g/mol. The molecular formula is C13H14N2O2S. The van der Waals surface area contributed by atoms with Crippen LogP contribution in [0.2, 0.25) is 0 Å². The zero-order valence-electron chi connectivity index (χ0n) is 9.96. The zero-order valence-corrected chi connectivity index (χ0v) is 10.8. The number of aromatic nitrogens is 1. The van der Waals surface area contributed by atoms with Gasteiger partial charge in [-0.25, -0.2) is 0 Å². The lowest BCUT2D eigenvalue weighted by Crippen LogP contribution is -2.29. The first-order chi connectivity index (χ1) is 8.66. The maximum absolute atomic E-state index is 12.1. The first-order valence-corrected chi connectivity index (χ1v) is 6.79. The van der Waals surface area contributed by atoms with Gasteiger partial charge in [0.05, 0.1) is 17.7 Å². The lowest BCUT2D eigenvalue weighted by molar-refractivity contribution is 0.0919. The highest BCUT2D eigenvalue weighted by molar-refractivity contribution is 7.13. The van der Waals surface area contributed by atoms with Crippen LogP contribution in [-0.4, -0.2) is 21.7 Å². The van der Waals surface area contributed by atoms with Gasteiger partial charge in [0.2, 0.25) is 0 Å². The van der Waals surface area contributed by atoms with Crippen molar-refractivity contribution in [2.24, 2.45) is 0 Å². The van der Waals surface area contributed by atoms with Crippen molar-refractivity contribution in [1.29, 1.82) is 0 Å². The van der Waals surface area contributed by atoms with E-state index in [1.165, 1.54) is 0 Å². The van der Waals surface area contributed by atoms with Gasteiger partial charge in [0, 0.05) is 11.9 Å². The summed E-state index contributed by atoms with van der Waals surface area (Å²) >= 11 is 1.55. The Kier molecular flexibility index (Phi) is 2.72. The third kappa shape index (κ3) is 1.76. The second-order valence-corrected chi connectivity index (χ2v) is 5.45. The van der Waals surface area contributed by atoms with E-state index < -0.39 is 6.10 Å². The predicted molar refractivity (Wildman–Crippen MR) is 70.2 cm³/mol. The van der Waals surface area contributed by atoms with E-state index in [-0.39, 0.29) is 11.9 Å². The molecule has 3 heterocycles. The molecule has 2 N–H and O–H groups in total. The number of aliphatic hydroxyl groups is 1. The molecular weight excluding hydrogens is 248 g/mol. The van der Waals surface area contributed by atoms with Crippen LogP contribution in [0.4, 0.5) is 0 Å². The fraction of sp³-hybridized carbons (Fsp3) is 0.308.